The zero-order valence-corrected chi connectivity index (χ0v) is 10.4. The van der Waals surface area contributed by atoms with E-state index in [2.05, 4.69) is 10.1 Å². The van der Waals surface area contributed by atoms with Crippen LogP contribution in [-0.2, 0) is 0 Å². The fraction of sp³-hybridized carbons (Fsp3) is 0.417. The maximum absolute atomic E-state index is 11.6. The van der Waals surface area contributed by atoms with Gasteiger partial charge in [0.25, 0.3) is 5.91 Å². The highest BCUT2D eigenvalue weighted by atomic mass is 16.3. The van der Waals surface area contributed by atoms with E-state index in [0.717, 1.165) is 0 Å². The first-order valence-electron chi connectivity index (χ1n) is 5.80. The number of nitrogens with zero attached hydrogens (tertiary/aromatic N) is 3. The number of amides is 1. The Bertz CT molecular complexity index is 576. The molecule has 0 saturated heterocycles. The Kier molecular flexibility index (Phi) is 3.29. The van der Waals surface area contributed by atoms with Crippen LogP contribution in [0.5, 0.6) is 0 Å². The Morgan fingerprint density at radius 2 is 2.28 bits per heavy atom. The van der Waals surface area contributed by atoms with Gasteiger partial charge in [-0.1, -0.05) is 13.8 Å². The minimum Gasteiger partial charge on any atom is -0.396 e. The van der Waals surface area contributed by atoms with Gasteiger partial charge in [-0.05, 0) is 12.0 Å². The van der Waals surface area contributed by atoms with Crippen LogP contribution in [-0.4, -0.2) is 32.2 Å². The number of aliphatic hydroxyl groups is 1. The van der Waals surface area contributed by atoms with Gasteiger partial charge in [0.2, 0.25) is 0 Å². The third kappa shape index (κ3) is 1.95. The number of fused-ring (bicyclic) bond motifs is 1. The van der Waals surface area contributed by atoms with Crippen molar-refractivity contribution in [1.82, 2.24) is 14.6 Å². The number of carbonyl (C=O) groups excluding carboxylic acids is 1. The van der Waals surface area contributed by atoms with Crippen LogP contribution in [0.15, 0.2) is 18.5 Å². The molecule has 0 spiro atoms. The standard InChI is InChI=1S/C12H16N4O2/c1-7(2)8(6-17)10-9(11(13)18)12-14-4-3-5-16(12)15-10/h3-5,7-8,17H,6H2,1-2H3,(H2,13,18)/t8-/m0/s1. The summed E-state index contributed by atoms with van der Waals surface area (Å²) < 4.78 is 1.51. The molecule has 2 aromatic rings. The zero-order chi connectivity index (χ0) is 13.3. The number of nitrogens with two attached hydrogens (primary N) is 1. The molecule has 96 valence electrons. The second-order valence-corrected chi connectivity index (χ2v) is 4.55. The molecule has 1 atom stereocenters. The van der Waals surface area contributed by atoms with Gasteiger partial charge in [0.05, 0.1) is 12.3 Å². The van der Waals surface area contributed by atoms with Crippen LogP contribution in [0.4, 0.5) is 0 Å². The van der Waals surface area contributed by atoms with E-state index >= 15 is 0 Å². The van der Waals surface area contributed by atoms with Crippen molar-refractivity contribution < 1.29 is 9.90 Å². The van der Waals surface area contributed by atoms with Gasteiger partial charge in [-0.3, -0.25) is 4.79 Å². The van der Waals surface area contributed by atoms with E-state index in [9.17, 15) is 9.90 Å². The van der Waals surface area contributed by atoms with Crippen LogP contribution in [0.1, 0.15) is 35.8 Å². The van der Waals surface area contributed by atoms with E-state index in [-0.39, 0.29) is 18.4 Å². The largest absolute Gasteiger partial charge is 0.396 e. The normalized spacial score (nSPS) is 13.1. The van der Waals surface area contributed by atoms with Crippen molar-refractivity contribution in [3.63, 3.8) is 0 Å². The molecule has 0 aromatic carbocycles. The molecule has 0 radical (unpaired) electrons. The minimum atomic E-state index is -0.571. The third-order valence-electron chi connectivity index (χ3n) is 3.02. The SMILES string of the molecule is CC(C)[C@H](CO)c1nn2cccnc2c1C(N)=O. The highest BCUT2D eigenvalue weighted by Gasteiger charge is 2.26. The predicted octanol–water partition coefficient (Wildman–Crippen LogP) is 0.560. The number of aromatic nitrogens is 3. The zero-order valence-electron chi connectivity index (χ0n) is 10.4. The number of hydrogen-bond donors (Lipinski definition) is 2. The average Bonchev–Trinajstić information content (AvgIpc) is 2.68. The fourth-order valence-corrected chi connectivity index (χ4v) is 2.01. The van der Waals surface area contributed by atoms with Gasteiger partial charge < -0.3 is 10.8 Å². The number of carbonyl (C=O) groups is 1. The molecule has 0 aliphatic rings. The molecular formula is C12H16N4O2. The molecule has 3 N–H and O–H groups in total. The Balaban J connectivity index is 2.69. The molecule has 0 unspecified atom stereocenters. The molecule has 18 heavy (non-hydrogen) atoms. The van der Waals surface area contributed by atoms with Crippen LogP contribution in [0.25, 0.3) is 5.65 Å². The Labute approximate surface area is 104 Å². The van der Waals surface area contributed by atoms with Gasteiger partial charge in [-0.2, -0.15) is 5.10 Å². The first kappa shape index (κ1) is 12.5. The molecule has 2 rings (SSSR count). The maximum Gasteiger partial charge on any atom is 0.254 e. The topological polar surface area (TPSA) is 93.5 Å². The molecule has 0 fully saturated rings. The highest BCUT2D eigenvalue weighted by molar-refractivity contribution is 6.00. The smallest absolute Gasteiger partial charge is 0.254 e. The van der Waals surface area contributed by atoms with Crippen LogP contribution in [0, 0.1) is 5.92 Å². The number of aliphatic hydroxyl groups excluding tert-OH is 1. The Morgan fingerprint density at radius 3 is 2.83 bits per heavy atom. The molecule has 6 heteroatoms. The van der Waals surface area contributed by atoms with Crippen LogP contribution in [0.2, 0.25) is 0 Å². The summed E-state index contributed by atoms with van der Waals surface area (Å²) in [6, 6.07) is 1.72. The second-order valence-electron chi connectivity index (χ2n) is 4.55. The lowest BCUT2D eigenvalue weighted by atomic mass is 9.91. The Hall–Kier alpha value is -1.95. The van der Waals surface area contributed by atoms with Crippen molar-refractivity contribution in [2.24, 2.45) is 11.7 Å². The van der Waals surface area contributed by atoms with Crippen molar-refractivity contribution in [3.8, 4) is 0 Å². The molecule has 0 saturated carbocycles. The lowest BCUT2D eigenvalue weighted by Crippen LogP contribution is -2.19. The molecule has 0 aliphatic heterocycles. The van der Waals surface area contributed by atoms with Crippen molar-refractivity contribution >= 4 is 11.6 Å². The molecule has 6 nitrogen and oxygen atoms in total. The van der Waals surface area contributed by atoms with E-state index in [0.29, 0.717) is 16.9 Å². The number of rotatable bonds is 4. The maximum atomic E-state index is 11.6. The van der Waals surface area contributed by atoms with E-state index in [1.165, 1.54) is 4.52 Å². The van der Waals surface area contributed by atoms with Gasteiger partial charge >= 0.3 is 0 Å². The van der Waals surface area contributed by atoms with Crippen molar-refractivity contribution in [1.29, 1.82) is 0 Å². The van der Waals surface area contributed by atoms with Gasteiger partial charge in [0.1, 0.15) is 5.56 Å². The summed E-state index contributed by atoms with van der Waals surface area (Å²) in [5.41, 5.74) is 6.64. The number of hydrogen-bond acceptors (Lipinski definition) is 4. The van der Waals surface area contributed by atoms with E-state index < -0.39 is 5.91 Å². The summed E-state index contributed by atoms with van der Waals surface area (Å²) in [6.45, 7) is 3.84. The van der Waals surface area contributed by atoms with Crippen LogP contribution >= 0.6 is 0 Å². The first-order valence-corrected chi connectivity index (χ1v) is 5.80. The summed E-state index contributed by atoms with van der Waals surface area (Å²) >= 11 is 0. The summed E-state index contributed by atoms with van der Waals surface area (Å²) in [7, 11) is 0. The summed E-state index contributed by atoms with van der Waals surface area (Å²) in [5, 5.41) is 13.8. The second kappa shape index (κ2) is 4.73. The first-order chi connectivity index (χ1) is 8.56. The lowest BCUT2D eigenvalue weighted by Gasteiger charge is -2.16. The van der Waals surface area contributed by atoms with Gasteiger partial charge in [0.15, 0.2) is 5.65 Å². The summed E-state index contributed by atoms with van der Waals surface area (Å²) in [4.78, 5) is 15.7. The summed E-state index contributed by atoms with van der Waals surface area (Å²) in [5.74, 6) is -0.648. The minimum absolute atomic E-state index is 0.0815. The van der Waals surface area contributed by atoms with Crippen LogP contribution < -0.4 is 5.73 Å². The fourth-order valence-electron chi connectivity index (χ4n) is 2.01. The lowest BCUT2D eigenvalue weighted by molar-refractivity contribution is 0.0999. The molecule has 2 heterocycles. The molecule has 2 aromatic heterocycles. The monoisotopic (exact) mass is 248 g/mol. The van der Waals surface area contributed by atoms with Crippen molar-refractivity contribution in [2.75, 3.05) is 6.61 Å². The third-order valence-corrected chi connectivity index (χ3v) is 3.02. The van der Waals surface area contributed by atoms with Crippen LogP contribution in [0.3, 0.4) is 0 Å². The molecule has 0 aliphatic carbocycles. The van der Waals surface area contributed by atoms with Crippen molar-refractivity contribution in [3.05, 3.63) is 29.7 Å². The molecular weight excluding hydrogens is 232 g/mol. The average molecular weight is 248 g/mol. The van der Waals surface area contributed by atoms with Gasteiger partial charge in [0, 0.05) is 18.3 Å². The number of primary amides is 1. The van der Waals surface area contributed by atoms with E-state index in [4.69, 9.17) is 5.73 Å². The highest BCUT2D eigenvalue weighted by Crippen LogP contribution is 2.27. The Morgan fingerprint density at radius 1 is 1.56 bits per heavy atom. The van der Waals surface area contributed by atoms with E-state index in [1.807, 2.05) is 13.8 Å². The van der Waals surface area contributed by atoms with Gasteiger partial charge in [-0.25, -0.2) is 9.50 Å². The molecule has 1 amide bonds. The van der Waals surface area contributed by atoms with Crippen molar-refractivity contribution in [2.45, 2.75) is 19.8 Å². The molecule has 0 bridgehead atoms. The quantitative estimate of drug-likeness (QED) is 0.826. The van der Waals surface area contributed by atoms with E-state index in [1.54, 1.807) is 18.5 Å². The summed E-state index contributed by atoms with van der Waals surface area (Å²) in [6.07, 6.45) is 3.28. The predicted molar refractivity (Wildman–Crippen MR) is 66.2 cm³/mol. The van der Waals surface area contributed by atoms with Gasteiger partial charge in [-0.15, -0.1) is 0 Å².